The fourth-order valence-corrected chi connectivity index (χ4v) is 2.62. The number of nitrogens with zero attached hydrogens (tertiary/aromatic N) is 2. The number of rotatable bonds is 3. The normalized spacial score (nSPS) is 17.2. The number of amides is 1. The zero-order valence-corrected chi connectivity index (χ0v) is 12.5. The molecule has 0 aromatic heterocycles. The van der Waals surface area contributed by atoms with E-state index >= 15 is 0 Å². The molecular weight excluding hydrogens is 280 g/mol. The lowest BCUT2D eigenvalue weighted by atomic mass is 10.2. The van der Waals surface area contributed by atoms with E-state index in [0.29, 0.717) is 17.3 Å². The van der Waals surface area contributed by atoms with E-state index in [4.69, 9.17) is 11.6 Å². The van der Waals surface area contributed by atoms with Gasteiger partial charge >= 0.3 is 0 Å². The molecule has 1 aromatic carbocycles. The van der Waals surface area contributed by atoms with Gasteiger partial charge in [-0.2, -0.15) is 0 Å². The number of benzene rings is 1. The highest BCUT2D eigenvalue weighted by Gasteiger charge is 2.28. The smallest absolute Gasteiger partial charge is 0.278 e. The third-order valence-corrected chi connectivity index (χ3v) is 3.76. The molecule has 0 fully saturated rings. The lowest BCUT2D eigenvalue weighted by Gasteiger charge is -2.14. The highest BCUT2D eigenvalue weighted by molar-refractivity contribution is 8.13. The molecule has 1 aliphatic rings. The van der Waals surface area contributed by atoms with Crippen molar-refractivity contribution < 1.29 is 4.79 Å². The van der Waals surface area contributed by atoms with Crippen LogP contribution in [0.1, 0.15) is 18.9 Å². The average molecular weight is 295 g/mol. The molecule has 3 nitrogen and oxygen atoms in total. The van der Waals surface area contributed by atoms with Crippen LogP contribution in [-0.4, -0.2) is 28.8 Å². The Hall–Kier alpha value is -1.26. The summed E-state index contributed by atoms with van der Waals surface area (Å²) in [5.41, 5.74) is 1.26. The van der Waals surface area contributed by atoms with E-state index in [1.807, 2.05) is 31.4 Å². The number of amidine groups is 1. The van der Waals surface area contributed by atoms with E-state index in [1.165, 1.54) is 11.8 Å². The lowest BCUT2D eigenvalue weighted by Crippen LogP contribution is -2.30. The number of hydrogen-bond donors (Lipinski definition) is 0. The summed E-state index contributed by atoms with van der Waals surface area (Å²) in [4.78, 5) is 18.4. The molecule has 5 heteroatoms. The maximum absolute atomic E-state index is 12.3. The topological polar surface area (TPSA) is 32.7 Å². The van der Waals surface area contributed by atoms with Gasteiger partial charge in [0.15, 0.2) is 5.17 Å². The summed E-state index contributed by atoms with van der Waals surface area (Å²) in [5, 5.41) is 1.38. The Morgan fingerprint density at radius 2 is 2.16 bits per heavy atom. The molecule has 1 aliphatic heterocycles. The predicted octanol–water partition coefficient (Wildman–Crippen LogP) is 3.65. The fraction of sp³-hybridized carbons (Fsp3) is 0.286. The van der Waals surface area contributed by atoms with Crippen molar-refractivity contribution in [2.75, 3.05) is 12.8 Å². The summed E-state index contributed by atoms with van der Waals surface area (Å²) in [6.07, 6.45) is 4.58. The summed E-state index contributed by atoms with van der Waals surface area (Å²) < 4.78 is 0. The molecule has 19 heavy (non-hydrogen) atoms. The van der Waals surface area contributed by atoms with Gasteiger partial charge in [0.2, 0.25) is 0 Å². The molecular formula is C14H15ClN2OS. The van der Waals surface area contributed by atoms with Crippen LogP contribution < -0.4 is 0 Å². The van der Waals surface area contributed by atoms with E-state index < -0.39 is 0 Å². The van der Waals surface area contributed by atoms with Gasteiger partial charge in [0, 0.05) is 11.6 Å². The van der Waals surface area contributed by atoms with Crippen LogP contribution >= 0.6 is 23.4 Å². The monoisotopic (exact) mass is 294 g/mol. The van der Waals surface area contributed by atoms with Crippen molar-refractivity contribution in [3.05, 3.63) is 40.5 Å². The van der Waals surface area contributed by atoms with Crippen molar-refractivity contribution in [2.24, 2.45) is 4.99 Å². The van der Waals surface area contributed by atoms with E-state index in [0.717, 1.165) is 17.2 Å². The second-order valence-electron chi connectivity index (χ2n) is 4.11. The molecule has 100 valence electrons. The molecule has 0 aliphatic carbocycles. The molecule has 1 aromatic rings. The standard InChI is InChI=1S/C14H15ClN2OS/c1-3-8-17-13(18)12(16-14(17)19-2)9-10-6-4-5-7-11(10)15/h4-7,9H,3,8H2,1-2H3/b12-9-. The van der Waals surface area contributed by atoms with Gasteiger partial charge in [0.25, 0.3) is 5.91 Å². The molecule has 1 amide bonds. The van der Waals surface area contributed by atoms with E-state index in [-0.39, 0.29) is 5.91 Å². The Bertz CT molecular complexity index is 554. The van der Waals surface area contributed by atoms with Gasteiger partial charge in [-0.1, -0.05) is 48.5 Å². The quantitative estimate of drug-likeness (QED) is 0.797. The van der Waals surface area contributed by atoms with Crippen LogP contribution in [0.3, 0.4) is 0 Å². The SMILES string of the molecule is CCCN1C(=O)/C(=C/c2ccccc2Cl)N=C1SC. The zero-order chi connectivity index (χ0) is 13.8. The van der Waals surface area contributed by atoms with Gasteiger partial charge in [-0.15, -0.1) is 0 Å². The highest BCUT2D eigenvalue weighted by atomic mass is 35.5. The van der Waals surface area contributed by atoms with Gasteiger partial charge in [-0.25, -0.2) is 4.99 Å². The summed E-state index contributed by atoms with van der Waals surface area (Å²) >= 11 is 7.58. The Kier molecular flexibility index (Phi) is 4.66. The first-order valence-electron chi connectivity index (χ1n) is 6.08. The average Bonchev–Trinajstić information content (AvgIpc) is 2.70. The zero-order valence-electron chi connectivity index (χ0n) is 10.9. The van der Waals surface area contributed by atoms with Crippen LogP contribution in [-0.2, 0) is 4.79 Å². The summed E-state index contributed by atoms with van der Waals surface area (Å²) in [6.45, 7) is 2.74. The molecule has 0 saturated carbocycles. The largest absolute Gasteiger partial charge is 0.286 e. The molecule has 0 spiro atoms. The molecule has 0 saturated heterocycles. The first kappa shape index (κ1) is 14.2. The van der Waals surface area contributed by atoms with Crippen LogP contribution in [0.15, 0.2) is 35.0 Å². The number of thioether (sulfide) groups is 1. The molecule has 0 bridgehead atoms. The first-order chi connectivity index (χ1) is 9.17. The van der Waals surface area contributed by atoms with Gasteiger partial charge in [0.05, 0.1) is 0 Å². The van der Waals surface area contributed by atoms with Gasteiger partial charge < -0.3 is 0 Å². The summed E-state index contributed by atoms with van der Waals surface area (Å²) in [6, 6.07) is 7.43. The Balaban J connectivity index is 2.34. The summed E-state index contributed by atoms with van der Waals surface area (Å²) in [7, 11) is 0. The number of hydrogen-bond acceptors (Lipinski definition) is 3. The van der Waals surface area contributed by atoms with Crippen molar-refractivity contribution in [3.63, 3.8) is 0 Å². The molecule has 1 heterocycles. The van der Waals surface area contributed by atoms with Gasteiger partial charge in [-0.3, -0.25) is 9.69 Å². The third kappa shape index (κ3) is 3.01. The minimum Gasteiger partial charge on any atom is -0.286 e. The highest BCUT2D eigenvalue weighted by Crippen LogP contribution is 2.25. The second kappa shape index (κ2) is 6.26. The number of aliphatic imine (C=N–C) groups is 1. The van der Waals surface area contributed by atoms with Crippen molar-refractivity contribution in [2.45, 2.75) is 13.3 Å². The second-order valence-corrected chi connectivity index (χ2v) is 5.29. The van der Waals surface area contributed by atoms with E-state index in [1.54, 1.807) is 17.0 Å². The van der Waals surface area contributed by atoms with Crippen molar-refractivity contribution >= 4 is 40.5 Å². The van der Waals surface area contributed by atoms with E-state index in [9.17, 15) is 4.79 Å². The maximum Gasteiger partial charge on any atom is 0.278 e. The van der Waals surface area contributed by atoms with Crippen LogP contribution in [0.5, 0.6) is 0 Å². The fourth-order valence-electron chi connectivity index (χ4n) is 1.85. The van der Waals surface area contributed by atoms with E-state index in [2.05, 4.69) is 4.99 Å². The van der Waals surface area contributed by atoms with Crippen LogP contribution in [0.25, 0.3) is 6.08 Å². The van der Waals surface area contributed by atoms with Crippen LogP contribution in [0, 0.1) is 0 Å². The molecule has 2 rings (SSSR count). The number of carbonyl (C=O) groups is 1. The van der Waals surface area contributed by atoms with Crippen LogP contribution in [0.2, 0.25) is 5.02 Å². The van der Waals surface area contributed by atoms with Crippen molar-refractivity contribution in [1.29, 1.82) is 0 Å². The van der Waals surface area contributed by atoms with Gasteiger partial charge in [0.1, 0.15) is 5.70 Å². The Morgan fingerprint density at radius 3 is 2.79 bits per heavy atom. The van der Waals surface area contributed by atoms with Crippen molar-refractivity contribution in [1.82, 2.24) is 4.90 Å². The minimum absolute atomic E-state index is 0.0499. The molecule has 0 unspecified atom stereocenters. The minimum atomic E-state index is -0.0499. The van der Waals surface area contributed by atoms with Gasteiger partial charge in [-0.05, 0) is 30.4 Å². The maximum atomic E-state index is 12.3. The Labute approximate surface area is 122 Å². The molecule has 0 N–H and O–H groups in total. The predicted molar refractivity (Wildman–Crippen MR) is 82.4 cm³/mol. The third-order valence-electron chi connectivity index (χ3n) is 2.74. The van der Waals surface area contributed by atoms with Crippen LogP contribution in [0.4, 0.5) is 0 Å². The Morgan fingerprint density at radius 1 is 1.42 bits per heavy atom. The lowest BCUT2D eigenvalue weighted by molar-refractivity contribution is -0.122. The van der Waals surface area contributed by atoms with Crippen molar-refractivity contribution in [3.8, 4) is 0 Å². The molecule has 0 atom stereocenters. The number of halogens is 1. The number of carbonyl (C=O) groups excluding carboxylic acids is 1. The first-order valence-corrected chi connectivity index (χ1v) is 7.68. The molecule has 0 radical (unpaired) electrons. The summed E-state index contributed by atoms with van der Waals surface area (Å²) in [5.74, 6) is -0.0499.